The maximum atomic E-state index is 12.0. The van der Waals surface area contributed by atoms with Crippen LogP contribution in [0.4, 0.5) is 5.69 Å². The molecule has 2 rings (SSSR count). The van der Waals surface area contributed by atoms with E-state index in [4.69, 9.17) is 9.47 Å². The van der Waals surface area contributed by atoms with E-state index in [1.807, 2.05) is 30.1 Å². The summed E-state index contributed by atoms with van der Waals surface area (Å²) < 4.78 is 11.2. The van der Waals surface area contributed by atoms with Crippen LogP contribution >= 0.6 is 0 Å². The van der Waals surface area contributed by atoms with Gasteiger partial charge in [0.25, 0.3) is 0 Å². The zero-order valence-corrected chi connectivity index (χ0v) is 12.9. The monoisotopic (exact) mass is 292 g/mol. The molecule has 0 saturated carbocycles. The molecule has 0 unspecified atom stereocenters. The van der Waals surface area contributed by atoms with Gasteiger partial charge < -0.3 is 14.8 Å². The third-order valence-corrected chi connectivity index (χ3v) is 3.34. The van der Waals surface area contributed by atoms with Gasteiger partial charge in [0.2, 0.25) is 5.91 Å². The molecule has 0 bridgehead atoms. The number of hydrogen-bond donors (Lipinski definition) is 1. The number of carbonyl (C=O) groups excluding carboxylic acids is 1. The van der Waals surface area contributed by atoms with Crippen molar-refractivity contribution in [2.24, 2.45) is 0 Å². The number of amides is 1. The van der Waals surface area contributed by atoms with Gasteiger partial charge >= 0.3 is 0 Å². The van der Waals surface area contributed by atoms with E-state index in [0.29, 0.717) is 25.5 Å². The number of likely N-dealkylation sites (N-methyl/N-ethyl adjacent to an activating group) is 1. The second-order valence-corrected chi connectivity index (χ2v) is 5.35. The molecule has 21 heavy (non-hydrogen) atoms. The Hall–Kier alpha value is -1.75. The van der Waals surface area contributed by atoms with Gasteiger partial charge in [-0.15, -0.1) is 0 Å². The first-order valence-electron chi connectivity index (χ1n) is 7.57. The van der Waals surface area contributed by atoms with Crippen LogP contribution in [0.5, 0.6) is 11.5 Å². The van der Waals surface area contributed by atoms with Gasteiger partial charge in [0.1, 0.15) is 0 Å². The molecule has 0 radical (unpaired) electrons. The smallest absolute Gasteiger partial charge is 0.238 e. The molecular weight excluding hydrogens is 268 g/mol. The first kappa shape index (κ1) is 15.6. The summed E-state index contributed by atoms with van der Waals surface area (Å²) in [4.78, 5) is 14.0. The fourth-order valence-electron chi connectivity index (χ4n) is 2.19. The number of rotatable bonds is 6. The normalized spacial score (nSPS) is 13.9. The summed E-state index contributed by atoms with van der Waals surface area (Å²) in [6.45, 7) is 4.79. The highest BCUT2D eigenvalue weighted by Crippen LogP contribution is 2.32. The predicted octanol–water partition coefficient (Wildman–Crippen LogP) is 2.52. The van der Waals surface area contributed by atoms with Gasteiger partial charge in [-0.1, -0.05) is 13.3 Å². The van der Waals surface area contributed by atoms with Crippen molar-refractivity contribution in [3.63, 3.8) is 0 Å². The van der Waals surface area contributed by atoms with Crippen molar-refractivity contribution in [3.05, 3.63) is 18.2 Å². The molecule has 1 aromatic carbocycles. The molecule has 5 heteroatoms. The molecule has 1 amide bonds. The Morgan fingerprint density at radius 2 is 2.05 bits per heavy atom. The molecule has 1 aliphatic rings. The van der Waals surface area contributed by atoms with Crippen LogP contribution in [-0.4, -0.2) is 44.2 Å². The molecule has 0 saturated heterocycles. The van der Waals surface area contributed by atoms with E-state index in [-0.39, 0.29) is 5.91 Å². The van der Waals surface area contributed by atoms with E-state index < -0.39 is 0 Å². The van der Waals surface area contributed by atoms with Crippen molar-refractivity contribution < 1.29 is 14.3 Å². The maximum absolute atomic E-state index is 12.0. The lowest BCUT2D eigenvalue weighted by molar-refractivity contribution is -0.117. The van der Waals surface area contributed by atoms with E-state index in [1.165, 1.54) is 0 Å². The molecule has 0 fully saturated rings. The average molecular weight is 292 g/mol. The Kier molecular flexibility index (Phi) is 5.87. The number of fused-ring (bicyclic) bond motifs is 1. The van der Waals surface area contributed by atoms with E-state index in [1.54, 1.807) is 0 Å². The van der Waals surface area contributed by atoms with Gasteiger partial charge in [0.15, 0.2) is 11.5 Å². The molecule has 1 aliphatic heterocycles. The van der Waals surface area contributed by atoms with Crippen LogP contribution < -0.4 is 14.8 Å². The zero-order chi connectivity index (χ0) is 15.1. The van der Waals surface area contributed by atoms with Crippen molar-refractivity contribution >= 4 is 11.6 Å². The van der Waals surface area contributed by atoms with Gasteiger partial charge in [-0.25, -0.2) is 0 Å². The second kappa shape index (κ2) is 7.88. The molecule has 0 spiro atoms. The van der Waals surface area contributed by atoms with Gasteiger partial charge in [-0.05, 0) is 32.1 Å². The number of hydrogen-bond acceptors (Lipinski definition) is 4. The van der Waals surface area contributed by atoms with Crippen LogP contribution in [0.3, 0.4) is 0 Å². The average Bonchev–Trinajstić information content (AvgIpc) is 2.69. The topological polar surface area (TPSA) is 50.8 Å². The van der Waals surface area contributed by atoms with Crippen molar-refractivity contribution in [3.8, 4) is 11.5 Å². The molecule has 116 valence electrons. The standard InChI is InChI=1S/C16H24N2O3/c1-3-4-8-18(2)12-16(19)17-13-6-7-14-15(11-13)21-10-5-9-20-14/h6-7,11H,3-5,8-10,12H2,1-2H3,(H,17,19). The first-order chi connectivity index (χ1) is 10.2. The number of ether oxygens (including phenoxy) is 2. The summed E-state index contributed by atoms with van der Waals surface area (Å²) in [5.41, 5.74) is 0.744. The van der Waals surface area contributed by atoms with Crippen molar-refractivity contribution in [1.82, 2.24) is 4.90 Å². The third kappa shape index (κ3) is 4.93. The zero-order valence-electron chi connectivity index (χ0n) is 12.9. The molecule has 1 aromatic rings. The van der Waals surface area contributed by atoms with Crippen molar-refractivity contribution in [1.29, 1.82) is 0 Å². The number of carbonyl (C=O) groups is 1. The van der Waals surface area contributed by atoms with E-state index >= 15 is 0 Å². The van der Waals surface area contributed by atoms with E-state index in [9.17, 15) is 4.79 Å². The maximum Gasteiger partial charge on any atom is 0.238 e. The summed E-state index contributed by atoms with van der Waals surface area (Å²) in [7, 11) is 1.96. The Morgan fingerprint density at radius 3 is 2.81 bits per heavy atom. The largest absolute Gasteiger partial charge is 0.490 e. The minimum Gasteiger partial charge on any atom is -0.490 e. The molecule has 5 nitrogen and oxygen atoms in total. The van der Waals surface area contributed by atoms with Crippen LogP contribution in [0.25, 0.3) is 0 Å². The Labute approximate surface area is 126 Å². The van der Waals surface area contributed by atoms with Gasteiger partial charge in [-0.2, -0.15) is 0 Å². The van der Waals surface area contributed by atoms with Crippen molar-refractivity contribution in [2.75, 3.05) is 38.7 Å². The fourth-order valence-corrected chi connectivity index (χ4v) is 2.19. The van der Waals surface area contributed by atoms with Crippen LogP contribution in [-0.2, 0) is 4.79 Å². The summed E-state index contributed by atoms with van der Waals surface area (Å²) in [5, 5.41) is 2.90. The molecule has 0 aliphatic carbocycles. The number of nitrogens with zero attached hydrogens (tertiary/aromatic N) is 1. The van der Waals surface area contributed by atoms with Crippen molar-refractivity contribution in [2.45, 2.75) is 26.2 Å². The molecular formula is C16H24N2O3. The summed E-state index contributed by atoms with van der Waals surface area (Å²) >= 11 is 0. The second-order valence-electron chi connectivity index (χ2n) is 5.35. The quantitative estimate of drug-likeness (QED) is 0.875. The van der Waals surface area contributed by atoms with Crippen LogP contribution in [0.1, 0.15) is 26.2 Å². The molecule has 1 N–H and O–H groups in total. The first-order valence-corrected chi connectivity index (χ1v) is 7.57. The lowest BCUT2D eigenvalue weighted by atomic mass is 10.2. The molecule has 0 atom stereocenters. The van der Waals surface area contributed by atoms with Gasteiger partial charge in [0, 0.05) is 18.2 Å². The highest BCUT2D eigenvalue weighted by atomic mass is 16.5. The Morgan fingerprint density at radius 1 is 1.29 bits per heavy atom. The highest BCUT2D eigenvalue weighted by molar-refractivity contribution is 5.92. The number of nitrogens with one attached hydrogen (secondary N) is 1. The predicted molar refractivity (Wildman–Crippen MR) is 83.1 cm³/mol. The lowest BCUT2D eigenvalue weighted by Crippen LogP contribution is -2.30. The molecule has 1 heterocycles. The minimum absolute atomic E-state index is 0.0110. The number of unbranched alkanes of at least 4 members (excludes halogenated alkanes) is 1. The summed E-state index contributed by atoms with van der Waals surface area (Å²) in [6.07, 6.45) is 3.11. The number of anilines is 1. The highest BCUT2D eigenvalue weighted by Gasteiger charge is 2.12. The lowest BCUT2D eigenvalue weighted by Gasteiger charge is -2.16. The number of benzene rings is 1. The Balaban J connectivity index is 1.90. The Bertz CT molecular complexity index is 477. The summed E-state index contributed by atoms with van der Waals surface area (Å²) in [5.74, 6) is 1.43. The fraction of sp³-hybridized carbons (Fsp3) is 0.562. The van der Waals surface area contributed by atoms with Crippen LogP contribution in [0.2, 0.25) is 0 Å². The third-order valence-electron chi connectivity index (χ3n) is 3.34. The SMILES string of the molecule is CCCCN(C)CC(=O)Nc1ccc2c(c1)OCCCO2. The summed E-state index contributed by atoms with van der Waals surface area (Å²) in [6, 6.07) is 5.51. The minimum atomic E-state index is -0.0110. The van der Waals surface area contributed by atoms with Crippen LogP contribution in [0, 0.1) is 0 Å². The van der Waals surface area contributed by atoms with E-state index in [2.05, 4.69) is 12.2 Å². The van der Waals surface area contributed by atoms with Crippen LogP contribution in [0.15, 0.2) is 18.2 Å². The molecule has 0 aromatic heterocycles. The van der Waals surface area contributed by atoms with E-state index in [0.717, 1.165) is 37.2 Å². The van der Waals surface area contributed by atoms with Gasteiger partial charge in [-0.3, -0.25) is 9.69 Å². The van der Waals surface area contributed by atoms with Gasteiger partial charge in [0.05, 0.1) is 19.8 Å².